The van der Waals surface area contributed by atoms with Crippen LogP contribution in [0.25, 0.3) is 0 Å². The molecule has 1 N–H and O–H groups in total. The minimum Gasteiger partial charge on any atom is -0.348 e. The summed E-state index contributed by atoms with van der Waals surface area (Å²) in [6.45, 7) is 2.90. The molecule has 0 unspecified atom stereocenters. The lowest BCUT2D eigenvalue weighted by Crippen LogP contribution is -2.41. The summed E-state index contributed by atoms with van der Waals surface area (Å²) in [4.78, 5) is 20.3. The van der Waals surface area contributed by atoms with E-state index in [1.54, 1.807) is 0 Å². The van der Waals surface area contributed by atoms with Crippen LogP contribution in [0.2, 0.25) is 0 Å². The van der Waals surface area contributed by atoms with Gasteiger partial charge in [0.1, 0.15) is 0 Å². The van der Waals surface area contributed by atoms with Gasteiger partial charge in [-0.1, -0.05) is 0 Å². The number of rotatable bonds is 5. The minimum atomic E-state index is 0.208. The van der Waals surface area contributed by atoms with Gasteiger partial charge in [-0.15, -0.1) is 0 Å². The molecule has 1 aromatic heterocycles. The molecule has 1 fully saturated rings. The molecule has 0 radical (unpaired) electrons. The number of nitrogens with one attached hydrogen (secondary N) is 1. The van der Waals surface area contributed by atoms with Crippen LogP contribution in [0.15, 0.2) is 6.20 Å². The zero-order chi connectivity index (χ0) is 14.5. The third-order valence-electron chi connectivity index (χ3n) is 3.75. The number of carbonyl (C=O) groups is 1. The van der Waals surface area contributed by atoms with E-state index in [2.05, 4.69) is 10.3 Å². The Morgan fingerprint density at radius 2 is 2.05 bits per heavy atom. The molecule has 0 aliphatic carbocycles. The van der Waals surface area contributed by atoms with Gasteiger partial charge in [-0.2, -0.15) is 0 Å². The molecular formula is C14H25N5O. The molecule has 20 heavy (non-hydrogen) atoms. The maximum atomic E-state index is 12.0. The van der Waals surface area contributed by atoms with Crippen LogP contribution in [0.5, 0.6) is 0 Å². The van der Waals surface area contributed by atoms with Gasteiger partial charge in [0.15, 0.2) is 0 Å². The molecule has 0 saturated carbocycles. The van der Waals surface area contributed by atoms with E-state index < -0.39 is 0 Å². The fourth-order valence-corrected chi connectivity index (χ4v) is 2.57. The molecule has 1 amide bonds. The molecule has 1 saturated heterocycles. The Hall–Kier alpha value is -1.56. The number of amides is 1. The average Bonchev–Trinajstić information content (AvgIpc) is 2.81. The summed E-state index contributed by atoms with van der Waals surface area (Å²) in [5.41, 5.74) is 1.08. The average molecular weight is 279 g/mol. The first-order chi connectivity index (χ1) is 9.59. The lowest BCUT2D eigenvalue weighted by Gasteiger charge is -2.26. The number of carbonyl (C=O) groups excluding carboxylic acids is 1. The van der Waals surface area contributed by atoms with Crippen LogP contribution in [0.1, 0.15) is 25.0 Å². The van der Waals surface area contributed by atoms with Gasteiger partial charge >= 0.3 is 0 Å². The molecule has 0 aromatic carbocycles. The van der Waals surface area contributed by atoms with Gasteiger partial charge in [-0.05, 0) is 19.3 Å². The molecule has 1 aliphatic rings. The fourth-order valence-electron chi connectivity index (χ4n) is 2.57. The standard InChI is InChI=1S/C14H25N5O/c1-17(2)14-16-10-12(18(14)3)9-15-11-13(20)19-7-5-4-6-8-19/h10,15H,4-9,11H2,1-3H3. The molecule has 2 heterocycles. The van der Waals surface area contributed by atoms with Crippen LogP contribution >= 0.6 is 0 Å². The van der Waals surface area contributed by atoms with Gasteiger partial charge in [0.25, 0.3) is 0 Å². The van der Waals surface area contributed by atoms with Crippen LogP contribution in [-0.2, 0) is 18.4 Å². The summed E-state index contributed by atoms with van der Waals surface area (Å²) in [5, 5.41) is 3.22. The maximum absolute atomic E-state index is 12.0. The topological polar surface area (TPSA) is 53.4 Å². The molecule has 0 spiro atoms. The van der Waals surface area contributed by atoms with Gasteiger partial charge in [-0.25, -0.2) is 4.98 Å². The number of imidazole rings is 1. The highest BCUT2D eigenvalue weighted by Crippen LogP contribution is 2.11. The number of aromatic nitrogens is 2. The van der Waals surface area contributed by atoms with Crippen molar-refractivity contribution in [1.29, 1.82) is 0 Å². The van der Waals surface area contributed by atoms with E-state index in [0.29, 0.717) is 13.1 Å². The first kappa shape index (κ1) is 14.8. The molecule has 0 bridgehead atoms. The van der Waals surface area contributed by atoms with Crippen molar-refractivity contribution in [3.05, 3.63) is 11.9 Å². The van der Waals surface area contributed by atoms with Crippen molar-refractivity contribution in [2.24, 2.45) is 7.05 Å². The minimum absolute atomic E-state index is 0.208. The summed E-state index contributed by atoms with van der Waals surface area (Å²) in [6, 6.07) is 0. The molecule has 1 aromatic rings. The third kappa shape index (κ3) is 3.50. The van der Waals surface area contributed by atoms with Crippen molar-refractivity contribution >= 4 is 11.9 Å². The molecule has 2 rings (SSSR count). The zero-order valence-electron chi connectivity index (χ0n) is 12.7. The van der Waals surface area contributed by atoms with Gasteiger partial charge in [0.2, 0.25) is 11.9 Å². The van der Waals surface area contributed by atoms with E-state index in [4.69, 9.17) is 0 Å². The number of piperidine rings is 1. The highest BCUT2D eigenvalue weighted by atomic mass is 16.2. The second kappa shape index (κ2) is 6.74. The molecular weight excluding hydrogens is 254 g/mol. The van der Waals surface area contributed by atoms with Crippen LogP contribution in [0, 0.1) is 0 Å². The summed E-state index contributed by atoms with van der Waals surface area (Å²) in [5.74, 6) is 1.13. The lowest BCUT2D eigenvalue weighted by molar-refractivity contribution is -0.131. The highest BCUT2D eigenvalue weighted by Gasteiger charge is 2.16. The molecule has 112 valence electrons. The Kier molecular flexibility index (Phi) is 5.00. The van der Waals surface area contributed by atoms with Crippen LogP contribution in [-0.4, -0.2) is 54.1 Å². The number of anilines is 1. The number of hydrogen-bond acceptors (Lipinski definition) is 4. The number of nitrogens with zero attached hydrogens (tertiary/aromatic N) is 4. The first-order valence-electron chi connectivity index (χ1n) is 7.26. The quantitative estimate of drug-likeness (QED) is 0.857. The monoisotopic (exact) mass is 279 g/mol. The van der Waals surface area contributed by atoms with Crippen molar-refractivity contribution in [3.63, 3.8) is 0 Å². The zero-order valence-corrected chi connectivity index (χ0v) is 12.7. The summed E-state index contributed by atoms with van der Waals surface area (Å²) in [6.07, 6.45) is 5.38. The van der Waals surface area contributed by atoms with Gasteiger partial charge < -0.3 is 19.7 Å². The highest BCUT2D eigenvalue weighted by molar-refractivity contribution is 5.78. The van der Waals surface area contributed by atoms with Crippen molar-refractivity contribution in [3.8, 4) is 0 Å². The third-order valence-corrected chi connectivity index (χ3v) is 3.75. The second-order valence-electron chi connectivity index (χ2n) is 5.55. The normalized spacial score (nSPS) is 15.4. The van der Waals surface area contributed by atoms with Gasteiger partial charge in [0.05, 0.1) is 18.4 Å². The Morgan fingerprint density at radius 3 is 2.65 bits per heavy atom. The molecule has 1 aliphatic heterocycles. The summed E-state index contributed by atoms with van der Waals surface area (Å²) < 4.78 is 2.04. The smallest absolute Gasteiger partial charge is 0.236 e. The molecule has 0 atom stereocenters. The number of hydrogen-bond donors (Lipinski definition) is 1. The number of likely N-dealkylation sites (tertiary alicyclic amines) is 1. The SMILES string of the molecule is CN(C)c1ncc(CNCC(=O)N2CCCCC2)n1C. The predicted molar refractivity (Wildman–Crippen MR) is 79.7 cm³/mol. The Morgan fingerprint density at radius 1 is 1.35 bits per heavy atom. The van der Waals surface area contributed by atoms with Gasteiger partial charge in [-0.3, -0.25) is 4.79 Å². The molecule has 6 heteroatoms. The van der Waals surface area contributed by atoms with E-state index in [9.17, 15) is 4.79 Å². The Balaban J connectivity index is 1.79. The van der Waals surface area contributed by atoms with Gasteiger partial charge in [0, 0.05) is 40.8 Å². The molecule has 6 nitrogen and oxygen atoms in total. The van der Waals surface area contributed by atoms with Crippen LogP contribution in [0.3, 0.4) is 0 Å². The van der Waals surface area contributed by atoms with Crippen molar-refractivity contribution in [1.82, 2.24) is 19.8 Å². The predicted octanol–water partition coefficient (Wildman–Crippen LogP) is 0.588. The van der Waals surface area contributed by atoms with E-state index >= 15 is 0 Å². The van der Waals surface area contributed by atoms with E-state index in [1.807, 2.05) is 41.7 Å². The largest absolute Gasteiger partial charge is 0.348 e. The fraction of sp³-hybridized carbons (Fsp3) is 0.714. The van der Waals surface area contributed by atoms with E-state index in [0.717, 1.165) is 37.6 Å². The second-order valence-corrected chi connectivity index (χ2v) is 5.55. The van der Waals surface area contributed by atoms with E-state index in [1.165, 1.54) is 6.42 Å². The van der Waals surface area contributed by atoms with Crippen LogP contribution in [0.4, 0.5) is 5.95 Å². The Bertz CT molecular complexity index is 448. The van der Waals surface area contributed by atoms with Crippen molar-refractivity contribution in [2.75, 3.05) is 38.6 Å². The maximum Gasteiger partial charge on any atom is 0.236 e. The van der Waals surface area contributed by atoms with Crippen LogP contribution < -0.4 is 10.2 Å². The summed E-state index contributed by atoms with van der Waals surface area (Å²) in [7, 11) is 5.94. The first-order valence-corrected chi connectivity index (χ1v) is 7.26. The van der Waals surface area contributed by atoms with Crippen molar-refractivity contribution < 1.29 is 4.79 Å². The van der Waals surface area contributed by atoms with E-state index in [-0.39, 0.29) is 5.91 Å². The Labute approximate surface area is 120 Å². The summed E-state index contributed by atoms with van der Waals surface area (Å²) >= 11 is 0. The lowest BCUT2D eigenvalue weighted by atomic mass is 10.1. The van der Waals surface area contributed by atoms with Crippen molar-refractivity contribution in [2.45, 2.75) is 25.8 Å².